The number of alkyl halides is 2. The fraction of sp³-hybridized carbons (Fsp3) is 0.364. The van der Waals surface area contributed by atoms with Gasteiger partial charge in [0.05, 0.1) is 20.8 Å². The number of methoxy groups -OCH3 is 2. The van der Waals surface area contributed by atoms with Gasteiger partial charge in [-0.2, -0.15) is 8.78 Å². The maximum Gasteiger partial charge on any atom is 0.387 e. The first kappa shape index (κ1) is 23.3. The molecule has 1 N–H and O–H groups in total. The van der Waals surface area contributed by atoms with E-state index in [1.165, 1.54) is 38.5 Å². The molecule has 0 spiro atoms. The van der Waals surface area contributed by atoms with Gasteiger partial charge in [0.1, 0.15) is 5.75 Å². The molecule has 0 aromatic heterocycles. The van der Waals surface area contributed by atoms with Gasteiger partial charge in [0.15, 0.2) is 11.5 Å². The molecule has 32 heavy (non-hydrogen) atoms. The van der Waals surface area contributed by atoms with Gasteiger partial charge in [0, 0.05) is 37.4 Å². The van der Waals surface area contributed by atoms with E-state index in [-0.39, 0.29) is 24.1 Å². The van der Waals surface area contributed by atoms with E-state index in [1.807, 2.05) is 4.90 Å². The molecular weight excluding hydrogens is 424 g/mol. The van der Waals surface area contributed by atoms with Crippen LogP contribution in [0.1, 0.15) is 10.4 Å². The Kier molecular flexibility index (Phi) is 7.82. The molecular formula is C22H25F2N3O5. The normalized spacial score (nSPS) is 14.2. The summed E-state index contributed by atoms with van der Waals surface area (Å²) in [6, 6.07) is 10.8. The largest absolute Gasteiger partial charge is 0.493 e. The van der Waals surface area contributed by atoms with Crippen LogP contribution in [0.25, 0.3) is 0 Å². The fourth-order valence-corrected chi connectivity index (χ4v) is 3.38. The molecule has 0 radical (unpaired) electrons. The number of hydrogen-bond donors (Lipinski definition) is 1. The van der Waals surface area contributed by atoms with Gasteiger partial charge in [-0.15, -0.1) is 0 Å². The maximum atomic E-state index is 12.8. The zero-order valence-corrected chi connectivity index (χ0v) is 17.8. The maximum absolute atomic E-state index is 12.8. The number of hydrogen-bond acceptors (Lipinski definition) is 6. The zero-order chi connectivity index (χ0) is 23.1. The molecule has 0 unspecified atom stereocenters. The molecule has 0 bridgehead atoms. The summed E-state index contributed by atoms with van der Waals surface area (Å²) in [4.78, 5) is 28.8. The molecule has 0 aliphatic carbocycles. The van der Waals surface area contributed by atoms with Crippen molar-refractivity contribution in [2.24, 2.45) is 0 Å². The molecule has 0 atom stereocenters. The Morgan fingerprint density at radius 1 is 0.969 bits per heavy atom. The van der Waals surface area contributed by atoms with Crippen molar-refractivity contribution in [2.75, 3.05) is 52.3 Å². The highest BCUT2D eigenvalue weighted by molar-refractivity contribution is 5.95. The van der Waals surface area contributed by atoms with Crippen molar-refractivity contribution >= 4 is 17.5 Å². The van der Waals surface area contributed by atoms with E-state index in [9.17, 15) is 18.4 Å². The number of amides is 2. The summed E-state index contributed by atoms with van der Waals surface area (Å²) >= 11 is 0. The predicted molar refractivity (Wildman–Crippen MR) is 114 cm³/mol. The second-order valence-electron chi connectivity index (χ2n) is 7.09. The first-order chi connectivity index (χ1) is 15.4. The van der Waals surface area contributed by atoms with Gasteiger partial charge in [0.2, 0.25) is 5.91 Å². The van der Waals surface area contributed by atoms with Crippen LogP contribution in [0.15, 0.2) is 42.5 Å². The van der Waals surface area contributed by atoms with Crippen LogP contribution in [0.5, 0.6) is 17.2 Å². The van der Waals surface area contributed by atoms with Gasteiger partial charge >= 0.3 is 6.61 Å². The van der Waals surface area contributed by atoms with Crippen molar-refractivity contribution < 1.29 is 32.6 Å². The lowest BCUT2D eigenvalue weighted by Gasteiger charge is -2.34. The van der Waals surface area contributed by atoms with Crippen LogP contribution in [0.2, 0.25) is 0 Å². The zero-order valence-electron chi connectivity index (χ0n) is 17.8. The summed E-state index contributed by atoms with van der Waals surface area (Å²) in [6.07, 6.45) is 0. The third kappa shape index (κ3) is 6.07. The van der Waals surface area contributed by atoms with Gasteiger partial charge in [-0.1, -0.05) is 0 Å². The van der Waals surface area contributed by atoms with Crippen LogP contribution < -0.4 is 19.5 Å². The second-order valence-corrected chi connectivity index (χ2v) is 7.09. The van der Waals surface area contributed by atoms with Crippen molar-refractivity contribution in [3.63, 3.8) is 0 Å². The number of ether oxygens (including phenoxy) is 3. The van der Waals surface area contributed by atoms with E-state index in [1.54, 1.807) is 23.1 Å². The van der Waals surface area contributed by atoms with Crippen LogP contribution >= 0.6 is 0 Å². The average Bonchev–Trinajstić information content (AvgIpc) is 2.79. The lowest BCUT2D eigenvalue weighted by Crippen LogP contribution is -2.50. The Balaban J connectivity index is 1.48. The standard InChI is InChI=1S/C22H25F2N3O5/c1-30-18-8-3-15(13-19(18)31-2)21(29)27-11-9-26(10-12-27)14-20(28)25-16-4-6-17(7-5-16)32-22(23)24/h3-8,13,22H,9-12,14H2,1-2H3,(H,25,28). The van der Waals surface area contributed by atoms with E-state index in [4.69, 9.17) is 9.47 Å². The molecule has 1 aliphatic rings. The third-order valence-corrected chi connectivity index (χ3v) is 5.02. The van der Waals surface area contributed by atoms with Gasteiger partial charge in [-0.05, 0) is 42.5 Å². The average molecular weight is 449 g/mol. The van der Waals surface area contributed by atoms with Crippen LogP contribution in [0.3, 0.4) is 0 Å². The minimum atomic E-state index is -2.90. The third-order valence-electron chi connectivity index (χ3n) is 5.02. The smallest absolute Gasteiger partial charge is 0.387 e. The van der Waals surface area contributed by atoms with Gasteiger partial charge < -0.3 is 24.4 Å². The molecule has 3 rings (SSSR count). The quantitative estimate of drug-likeness (QED) is 0.668. The van der Waals surface area contributed by atoms with E-state index >= 15 is 0 Å². The van der Waals surface area contributed by atoms with Crippen LogP contribution in [-0.2, 0) is 4.79 Å². The molecule has 172 valence electrons. The lowest BCUT2D eigenvalue weighted by molar-refractivity contribution is -0.117. The van der Waals surface area contributed by atoms with E-state index < -0.39 is 6.61 Å². The number of halogens is 2. The molecule has 1 saturated heterocycles. The Morgan fingerprint density at radius 2 is 1.62 bits per heavy atom. The van der Waals surface area contributed by atoms with Crippen LogP contribution in [-0.4, -0.2) is 75.2 Å². The Labute approximate surface area is 184 Å². The highest BCUT2D eigenvalue weighted by Crippen LogP contribution is 2.28. The number of nitrogens with zero attached hydrogens (tertiary/aromatic N) is 2. The summed E-state index contributed by atoms with van der Waals surface area (Å²) in [7, 11) is 3.05. The number of rotatable bonds is 8. The minimum Gasteiger partial charge on any atom is -0.493 e. The van der Waals surface area contributed by atoms with Crippen molar-refractivity contribution in [3.05, 3.63) is 48.0 Å². The number of benzene rings is 2. The van der Waals surface area contributed by atoms with E-state index in [0.717, 1.165) is 0 Å². The number of piperazine rings is 1. The highest BCUT2D eigenvalue weighted by Gasteiger charge is 2.24. The number of nitrogens with one attached hydrogen (secondary N) is 1. The van der Waals surface area contributed by atoms with Crippen molar-refractivity contribution in [3.8, 4) is 17.2 Å². The SMILES string of the molecule is COc1ccc(C(=O)N2CCN(CC(=O)Nc3ccc(OC(F)F)cc3)CC2)cc1OC. The van der Waals surface area contributed by atoms with Crippen molar-refractivity contribution in [1.82, 2.24) is 9.80 Å². The summed E-state index contributed by atoms with van der Waals surface area (Å²) in [5.41, 5.74) is 0.993. The highest BCUT2D eigenvalue weighted by atomic mass is 19.3. The van der Waals surface area contributed by atoms with Crippen molar-refractivity contribution in [1.29, 1.82) is 0 Å². The van der Waals surface area contributed by atoms with Crippen molar-refractivity contribution in [2.45, 2.75) is 6.61 Å². The second kappa shape index (κ2) is 10.8. The molecule has 1 fully saturated rings. The first-order valence-corrected chi connectivity index (χ1v) is 9.98. The lowest BCUT2D eigenvalue weighted by atomic mass is 10.1. The van der Waals surface area contributed by atoms with Crippen LogP contribution in [0, 0.1) is 0 Å². The first-order valence-electron chi connectivity index (χ1n) is 9.98. The number of carbonyl (C=O) groups is 2. The molecule has 10 heteroatoms. The van der Waals surface area contributed by atoms with E-state index in [0.29, 0.717) is 48.9 Å². The molecule has 2 aromatic carbocycles. The summed E-state index contributed by atoms with van der Waals surface area (Å²) < 4.78 is 39.1. The van der Waals surface area contributed by atoms with Gasteiger partial charge in [-0.25, -0.2) is 0 Å². The number of carbonyl (C=O) groups excluding carboxylic acids is 2. The van der Waals surface area contributed by atoms with Gasteiger partial charge in [0.25, 0.3) is 5.91 Å². The van der Waals surface area contributed by atoms with Gasteiger partial charge in [-0.3, -0.25) is 14.5 Å². The minimum absolute atomic E-state index is 0.0215. The monoisotopic (exact) mass is 449 g/mol. The molecule has 2 amide bonds. The summed E-state index contributed by atoms with van der Waals surface area (Å²) in [6.45, 7) is -0.664. The summed E-state index contributed by atoms with van der Waals surface area (Å²) in [5, 5.41) is 2.72. The fourth-order valence-electron chi connectivity index (χ4n) is 3.38. The molecule has 2 aromatic rings. The Bertz CT molecular complexity index is 932. The van der Waals surface area contributed by atoms with Crippen LogP contribution in [0.4, 0.5) is 14.5 Å². The molecule has 1 heterocycles. The molecule has 0 saturated carbocycles. The topological polar surface area (TPSA) is 80.3 Å². The molecule has 1 aliphatic heterocycles. The Morgan fingerprint density at radius 3 is 2.22 bits per heavy atom. The number of anilines is 1. The molecule has 8 nitrogen and oxygen atoms in total. The van der Waals surface area contributed by atoms with E-state index in [2.05, 4.69) is 10.1 Å². The Hall–Kier alpha value is -3.40. The predicted octanol–water partition coefficient (Wildman–Crippen LogP) is 2.70. The summed E-state index contributed by atoms with van der Waals surface area (Å²) in [5.74, 6) is 0.722.